The van der Waals surface area contributed by atoms with Crippen molar-refractivity contribution in [1.82, 2.24) is 14.4 Å². The number of hydrogen-bond donors (Lipinski definition) is 0. The largest absolute Gasteiger partial charge is 0.339 e. The fourth-order valence-corrected chi connectivity index (χ4v) is 5.00. The van der Waals surface area contributed by atoms with Gasteiger partial charge in [0, 0.05) is 44.4 Å². The maximum absolute atomic E-state index is 14.9. The molecule has 2 amide bonds. The van der Waals surface area contributed by atoms with Crippen LogP contribution in [0.15, 0.2) is 84.9 Å². The van der Waals surface area contributed by atoms with E-state index in [0.717, 1.165) is 17.2 Å². The molecule has 194 valence electrons. The molecule has 38 heavy (non-hydrogen) atoms. The summed E-state index contributed by atoms with van der Waals surface area (Å²) in [6.45, 7) is 3.55. The van der Waals surface area contributed by atoms with Crippen LogP contribution in [0.4, 0.5) is 8.78 Å². The van der Waals surface area contributed by atoms with Gasteiger partial charge in [-0.1, -0.05) is 60.7 Å². The third-order valence-electron chi connectivity index (χ3n) is 7.09. The lowest BCUT2D eigenvalue weighted by Crippen LogP contribution is -2.50. The van der Waals surface area contributed by atoms with Crippen LogP contribution in [0, 0.1) is 18.6 Å². The molecule has 1 fully saturated rings. The van der Waals surface area contributed by atoms with Crippen LogP contribution in [0.2, 0.25) is 0 Å². The number of carbonyl (C=O) groups is 2. The fourth-order valence-electron chi connectivity index (χ4n) is 5.00. The van der Waals surface area contributed by atoms with Crippen LogP contribution in [0.5, 0.6) is 0 Å². The van der Waals surface area contributed by atoms with Gasteiger partial charge < -0.3 is 14.4 Å². The first-order chi connectivity index (χ1) is 18.4. The first-order valence-electron chi connectivity index (χ1n) is 12.8. The van der Waals surface area contributed by atoms with Crippen LogP contribution in [0.25, 0.3) is 16.9 Å². The van der Waals surface area contributed by atoms with Crippen LogP contribution in [-0.4, -0.2) is 52.4 Å². The van der Waals surface area contributed by atoms with Crippen molar-refractivity contribution in [3.8, 4) is 16.9 Å². The Hall–Kier alpha value is -4.26. The molecule has 0 radical (unpaired) electrons. The Morgan fingerprint density at radius 3 is 2.08 bits per heavy atom. The van der Waals surface area contributed by atoms with E-state index in [1.54, 1.807) is 22.5 Å². The molecule has 0 saturated carbocycles. The summed E-state index contributed by atoms with van der Waals surface area (Å²) in [6, 6.07) is 24.5. The van der Waals surface area contributed by atoms with Gasteiger partial charge in [0.25, 0.3) is 5.91 Å². The summed E-state index contributed by atoms with van der Waals surface area (Å²) >= 11 is 0. The van der Waals surface area contributed by atoms with Gasteiger partial charge in [-0.3, -0.25) is 9.59 Å². The average Bonchev–Trinajstić information content (AvgIpc) is 3.29. The molecule has 0 N–H and O–H groups in total. The molecule has 3 aromatic carbocycles. The summed E-state index contributed by atoms with van der Waals surface area (Å²) in [5, 5.41) is 0. The number of halogens is 2. The SMILES string of the molecule is Cc1c(C(=O)N2CCN(C(=O)CCc3ccccc3)CC2)cc(-c2ccccc2)n1-c1ccc(F)cc1F. The second-order valence-corrected chi connectivity index (χ2v) is 9.48. The van der Waals surface area contributed by atoms with Crippen molar-refractivity contribution < 1.29 is 18.4 Å². The van der Waals surface area contributed by atoms with E-state index < -0.39 is 11.6 Å². The Morgan fingerprint density at radius 1 is 0.789 bits per heavy atom. The molecule has 0 atom stereocenters. The maximum atomic E-state index is 14.9. The number of hydrogen-bond acceptors (Lipinski definition) is 2. The molecule has 1 saturated heterocycles. The Morgan fingerprint density at radius 2 is 1.42 bits per heavy atom. The predicted octanol–water partition coefficient (Wildman–Crippen LogP) is 5.65. The number of carbonyl (C=O) groups excluding carboxylic acids is 2. The average molecular weight is 514 g/mol. The van der Waals surface area contributed by atoms with Gasteiger partial charge in [0.1, 0.15) is 11.6 Å². The number of aromatic nitrogens is 1. The van der Waals surface area contributed by atoms with Crippen LogP contribution < -0.4 is 0 Å². The second kappa shape index (κ2) is 11.0. The Kier molecular flexibility index (Phi) is 7.36. The highest BCUT2D eigenvalue weighted by Crippen LogP contribution is 2.31. The number of benzene rings is 3. The monoisotopic (exact) mass is 513 g/mol. The van der Waals surface area contributed by atoms with Crippen molar-refractivity contribution in [1.29, 1.82) is 0 Å². The summed E-state index contributed by atoms with van der Waals surface area (Å²) in [4.78, 5) is 29.9. The molecule has 2 heterocycles. The normalized spacial score (nSPS) is 13.6. The van der Waals surface area contributed by atoms with Crippen molar-refractivity contribution in [3.63, 3.8) is 0 Å². The standard InChI is InChI=1S/C31H29F2N3O2/c1-22-26(21-29(24-10-6-3-7-11-24)36(22)28-14-13-25(32)20-27(28)33)31(38)35-18-16-34(17-19-35)30(37)15-12-23-8-4-2-5-9-23/h2-11,13-14,20-21H,12,15-19H2,1H3. The van der Waals surface area contributed by atoms with Crippen molar-refractivity contribution in [2.24, 2.45) is 0 Å². The van der Waals surface area contributed by atoms with Crippen molar-refractivity contribution in [2.45, 2.75) is 19.8 Å². The van der Waals surface area contributed by atoms with Crippen molar-refractivity contribution in [3.05, 3.63) is 113 Å². The number of amides is 2. The highest BCUT2D eigenvalue weighted by Gasteiger charge is 2.28. The highest BCUT2D eigenvalue weighted by molar-refractivity contribution is 5.97. The minimum absolute atomic E-state index is 0.0847. The predicted molar refractivity (Wildman–Crippen MR) is 143 cm³/mol. The van der Waals surface area contributed by atoms with Gasteiger partial charge in [-0.2, -0.15) is 0 Å². The van der Waals surface area contributed by atoms with Gasteiger partial charge in [-0.05, 0) is 42.7 Å². The summed E-state index contributed by atoms with van der Waals surface area (Å²) in [7, 11) is 0. The Labute approximate surface area is 220 Å². The zero-order valence-corrected chi connectivity index (χ0v) is 21.2. The number of rotatable bonds is 6. The smallest absolute Gasteiger partial charge is 0.255 e. The summed E-state index contributed by atoms with van der Waals surface area (Å²) in [5.74, 6) is -1.45. The lowest BCUT2D eigenvalue weighted by Gasteiger charge is -2.35. The molecule has 0 bridgehead atoms. The van der Waals surface area contributed by atoms with Crippen LogP contribution >= 0.6 is 0 Å². The summed E-state index contributed by atoms with van der Waals surface area (Å²) in [6.07, 6.45) is 1.12. The second-order valence-electron chi connectivity index (χ2n) is 9.48. The van der Waals surface area contributed by atoms with Gasteiger partial charge in [0.2, 0.25) is 5.91 Å². The number of nitrogens with zero attached hydrogens (tertiary/aromatic N) is 3. The van der Waals surface area contributed by atoms with Gasteiger partial charge in [0.05, 0.1) is 16.9 Å². The maximum Gasteiger partial charge on any atom is 0.255 e. The molecule has 1 aliphatic rings. The molecular formula is C31H29F2N3O2. The van der Waals surface area contributed by atoms with E-state index in [9.17, 15) is 18.4 Å². The number of aryl methyl sites for hydroxylation is 1. The van der Waals surface area contributed by atoms with Crippen LogP contribution in [-0.2, 0) is 11.2 Å². The Bertz CT molecular complexity index is 1440. The van der Waals surface area contributed by atoms with E-state index in [-0.39, 0.29) is 17.5 Å². The molecule has 7 heteroatoms. The van der Waals surface area contributed by atoms with Gasteiger partial charge in [-0.25, -0.2) is 8.78 Å². The van der Waals surface area contributed by atoms with Gasteiger partial charge in [0.15, 0.2) is 0 Å². The number of piperazine rings is 1. The quantitative estimate of drug-likeness (QED) is 0.335. The van der Waals surface area contributed by atoms with E-state index in [1.807, 2.05) is 65.6 Å². The van der Waals surface area contributed by atoms with E-state index in [2.05, 4.69) is 0 Å². The van der Waals surface area contributed by atoms with E-state index >= 15 is 0 Å². The lowest BCUT2D eigenvalue weighted by molar-refractivity contribution is -0.132. The molecule has 5 rings (SSSR count). The van der Waals surface area contributed by atoms with Gasteiger partial charge in [-0.15, -0.1) is 0 Å². The zero-order valence-electron chi connectivity index (χ0n) is 21.2. The minimum Gasteiger partial charge on any atom is -0.339 e. The first-order valence-corrected chi connectivity index (χ1v) is 12.8. The molecule has 4 aromatic rings. The first kappa shape index (κ1) is 25.4. The molecule has 1 aliphatic heterocycles. The van der Waals surface area contributed by atoms with E-state index in [0.29, 0.717) is 56.0 Å². The van der Waals surface area contributed by atoms with Gasteiger partial charge >= 0.3 is 0 Å². The van der Waals surface area contributed by atoms with Crippen LogP contribution in [0.3, 0.4) is 0 Å². The lowest BCUT2D eigenvalue weighted by atomic mass is 10.1. The molecule has 0 spiro atoms. The minimum atomic E-state index is -0.706. The molecule has 0 unspecified atom stereocenters. The molecule has 5 nitrogen and oxygen atoms in total. The van der Waals surface area contributed by atoms with E-state index in [4.69, 9.17) is 0 Å². The summed E-state index contributed by atoms with van der Waals surface area (Å²) < 4.78 is 30.2. The Balaban J connectivity index is 1.35. The fraction of sp³-hybridized carbons (Fsp3) is 0.226. The third kappa shape index (κ3) is 5.23. The van der Waals surface area contributed by atoms with Crippen molar-refractivity contribution >= 4 is 11.8 Å². The van der Waals surface area contributed by atoms with Crippen LogP contribution in [0.1, 0.15) is 28.0 Å². The highest BCUT2D eigenvalue weighted by atomic mass is 19.1. The molecule has 0 aliphatic carbocycles. The van der Waals surface area contributed by atoms with Crippen molar-refractivity contribution in [2.75, 3.05) is 26.2 Å². The molecular weight excluding hydrogens is 484 g/mol. The third-order valence-corrected chi connectivity index (χ3v) is 7.09. The topological polar surface area (TPSA) is 45.6 Å². The summed E-state index contributed by atoms with van der Waals surface area (Å²) in [5.41, 5.74) is 3.79. The van der Waals surface area contributed by atoms with E-state index in [1.165, 1.54) is 12.1 Å². The molecule has 1 aromatic heterocycles. The zero-order chi connectivity index (χ0) is 26.6.